The Morgan fingerprint density at radius 2 is 2.31 bits per heavy atom. The topological polar surface area (TPSA) is 41.1 Å². The van der Waals surface area contributed by atoms with E-state index in [-0.39, 0.29) is 24.4 Å². The van der Waals surface area contributed by atoms with E-state index in [9.17, 15) is 4.79 Å². The van der Waals surface area contributed by atoms with Gasteiger partial charge < -0.3 is 10.6 Å². The van der Waals surface area contributed by atoms with Crippen molar-refractivity contribution in [2.45, 2.75) is 12.5 Å². The van der Waals surface area contributed by atoms with E-state index in [1.807, 2.05) is 0 Å². The molecule has 0 aliphatic carbocycles. The monoisotopic (exact) mass is 300 g/mol. The molecule has 1 aliphatic heterocycles. The fourth-order valence-electron chi connectivity index (χ4n) is 1.54. The van der Waals surface area contributed by atoms with Gasteiger partial charge in [-0.25, -0.2) is 0 Å². The van der Waals surface area contributed by atoms with E-state index >= 15 is 0 Å². The van der Waals surface area contributed by atoms with Crippen molar-refractivity contribution < 1.29 is 4.79 Å². The minimum absolute atomic E-state index is 0. The summed E-state index contributed by atoms with van der Waals surface area (Å²) in [4.78, 5) is 11.8. The Morgan fingerprint density at radius 1 is 1.56 bits per heavy atom. The minimum atomic E-state index is -0.142. The average molecular weight is 302 g/mol. The molecule has 90 valence electrons. The SMILES string of the molecule is Cl.O=C(NC1CCNC1)c1cc(Cl)sc1Cl. The normalized spacial score (nSPS) is 19.2. The first kappa shape index (κ1) is 14.1. The summed E-state index contributed by atoms with van der Waals surface area (Å²) in [5.41, 5.74) is 0.471. The van der Waals surface area contributed by atoms with Crippen LogP contribution in [0.3, 0.4) is 0 Å². The van der Waals surface area contributed by atoms with E-state index in [1.165, 1.54) is 11.3 Å². The molecule has 0 aromatic carbocycles. The molecule has 0 spiro atoms. The van der Waals surface area contributed by atoms with Gasteiger partial charge in [-0.05, 0) is 19.0 Å². The molecule has 0 radical (unpaired) electrons. The molecule has 3 nitrogen and oxygen atoms in total. The summed E-state index contributed by atoms with van der Waals surface area (Å²) in [5.74, 6) is -0.142. The van der Waals surface area contributed by atoms with E-state index in [0.29, 0.717) is 14.2 Å². The molecular weight excluding hydrogens is 291 g/mol. The number of amides is 1. The van der Waals surface area contributed by atoms with E-state index in [1.54, 1.807) is 6.07 Å². The Kier molecular flexibility index (Phi) is 5.34. The van der Waals surface area contributed by atoms with Crippen LogP contribution >= 0.6 is 46.9 Å². The Labute approximate surface area is 114 Å². The average Bonchev–Trinajstić information content (AvgIpc) is 2.75. The van der Waals surface area contributed by atoms with Gasteiger partial charge in [-0.2, -0.15) is 0 Å². The van der Waals surface area contributed by atoms with Crippen LogP contribution < -0.4 is 10.6 Å². The van der Waals surface area contributed by atoms with Gasteiger partial charge in [0.05, 0.1) is 9.90 Å². The van der Waals surface area contributed by atoms with E-state index < -0.39 is 0 Å². The van der Waals surface area contributed by atoms with Crippen molar-refractivity contribution in [1.29, 1.82) is 0 Å². The number of halogens is 3. The fourth-order valence-corrected chi connectivity index (χ4v) is 2.99. The maximum Gasteiger partial charge on any atom is 0.253 e. The lowest BCUT2D eigenvalue weighted by Crippen LogP contribution is -2.36. The molecule has 1 unspecified atom stereocenters. The standard InChI is InChI=1S/C9H10Cl2N2OS.ClH/c10-7-3-6(8(11)15-7)9(14)13-5-1-2-12-4-5;/h3,5,12H,1-2,4H2,(H,13,14);1H. The van der Waals surface area contributed by atoms with Gasteiger partial charge in [0.1, 0.15) is 4.34 Å². The smallest absolute Gasteiger partial charge is 0.253 e. The van der Waals surface area contributed by atoms with Gasteiger partial charge in [0.2, 0.25) is 0 Å². The second-order valence-corrected chi connectivity index (χ2v) is 5.69. The number of nitrogens with one attached hydrogen (secondary N) is 2. The van der Waals surface area contributed by atoms with Crippen molar-refractivity contribution in [1.82, 2.24) is 10.6 Å². The Morgan fingerprint density at radius 3 is 2.81 bits per heavy atom. The maximum absolute atomic E-state index is 11.8. The quantitative estimate of drug-likeness (QED) is 0.881. The molecule has 2 N–H and O–H groups in total. The number of hydrogen-bond donors (Lipinski definition) is 2. The van der Waals surface area contributed by atoms with Crippen molar-refractivity contribution in [2.24, 2.45) is 0 Å². The number of rotatable bonds is 2. The van der Waals surface area contributed by atoms with Crippen LogP contribution in [0.4, 0.5) is 0 Å². The van der Waals surface area contributed by atoms with Crippen LogP contribution in [0.25, 0.3) is 0 Å². The van der Waals surface area contributed by atoms with Crippen LogP contribution in [0.15, 0.2) is 6.07 Å². The molecule has 1 atom stereocenters. The molecule has 0 saturated carbocycles. The van der Waals surface area contributed by atoms with Crippen molar-refractivity contribution in [3.63, 3.8) is 0 Å². The highest BCUT2D eigenvalue weighted by Crippen LogP contribution is 2.31. The number of thiophene rings is 1. The van der Waals surface area contributed by atoms with Crippen molar-refractivity contribution >= 4 is 52.9 Å². The van der Waals surface area contributed by atoms with Crippen LogP contribution in [0.2, 0.25) is 8.67 Å². The first-order valence-electron chi connectivity index (χ1n) is 4.63. The number of carbonyl (C=O) groups is 1. The summed E-state index contributed by atoms with van der Waals surface area (Å²) >= 11 is 12.9. The Balaban J connectivity index is 0.00000128. The molecule has 1 fully saturated rings. The first-order chi connectivity index (χ1) is 7.16. The summed E-state index contributed by atoms with van der Waals surface area (Å²) < 4.78 is 0.984. The van der Waals surface area contributed by atoms with E-state index in [2.05, 4.69) is 10.6 Å². The highest BCUT2D eigenvalue weighted by Gasteiger charge is 2.20. The van der Waals surface area contributed by atoms with Gasteiger partial charge in [-0.15, -0.1) is 23.7 Å². The minimum Gasteiger partial charge on any atom is -0.348 e. The summed E-state index contributed by atoms with van der Waals surface area (Å²) in [7, 11) is 0. The Bertz CT molecular complexity index is 377. The summed E-state index contributed by atoms with van der Waals surface area (Å²) in [6.07, 6.45) is 0.960. The molecule has 2 heterocycles. The second kappa shape index (κ2) is 6.07. The predicted molar refractivity (Wildman–Crippen MR) is 70.3 cm³/mol. The van der Waals surface area contributed by atoms with Crippen LogP contribution in [-0.4, -0.2) is 25.0 Å². The van der Waals surface area contributed by atoms with E-state index in [4.69, 9.17) is 23.2 Å². The molecule has 1 amide bonds. The van der Waals surface area contributed by atoms with Crippen molar-refractivity contribution in [3.05, 3.63) is 20.3 Å². The molecule has 16 heavy (non-hydrogen) atoms. The first-order valence-corrected chi connectivity index (χ1v) is 6.20. The molecule has 0 bridgehead atoms. The summed E-state index contributed by atoms with van der Waals surface area (Å²) in [6.45, 7) is 1.77. The van der Waals surface area contributed by atoms with E-state index in [0.717, 1.165) is 19.5 Å². The fraction of sp³-hybridized carbons (Fsp3) is 0.444. The van der Waals surface area contributed by atoms with Gasteiger partial charge in [-0.3, -0.25) is 4.79 Å². The zero-order valence-electron chi connectivity index (χ0n) is 8.26. The molecule has 1 saturated heterocycles. The third-order valence-corrected chi connectivity index (χ3v) is 3.78. The number of hydrogen-bond acceptors (Lipinski definition) is 3. The van der Waals surface area contributed by atoms with Gasteiger partial charge in [0, 0.05) is 12.6 Å². The van der Waals surface area contributed by atoms with Crippen LogP contribution in [0.1, 0.15) is 16.8 Å². The zero-order chi connectivity index (χ0) is 10.8. The second-order valence-electron chi connectivity index (χ2n) is 3.40. The van der Waals surface area contributed by atoms with Crippen LogP contribution in [0.5, 0.6) is 0 Å². The molecule has 7 heteroatoms. The van der Waals surface area contributed by atoms with Gasteiger partial charge >= 0.3 is 0 Å². The largest absolute Gasteiger partial charge is 0.348 e. The lowest BCUT2D eigenvalue weighted by molar-refractivity contribution is 0.0940. The lowest BCUT2D eigenvalue weighted by Gasteiger charge is -2.10. The predicted octanol–water partition coefficient (Wildman–Crippen LogP) is 2.57. The molecular formula is C9H11Cl3N2OS. The summed E-state index contributed by atoms with van der Waals surface area (Å²) in [6, 6.07) is 1.80. The molecule has 1 aromatic rings. The molecule has 1 aliphatic rings. The van der Waals surface area contributed by atoms with Crippen molar-refractivity contribution in [3.8, 4) is 0 Å². The number of carbonyl (C=O) groups excluding carboxylic acids is 1. The van der Waals surface area contributed by atoms with Crippen LogP contribution in [0, 0.1) is 0 Å². The zero-order valence-corrected chi connectivity index (χ0v) is 11.4. The highest BCUT2D eigenvalue weighted by atomic mass is 35.5. The molecule has 1 aromatic heterocycles. The Hall–Kier alpha value is -0.0000000000000000555. The molecule has 2 rings (SSSR count). The van der Waals surface area contributed by atoms with Crippen molar-refractivity contribution in [2.75, 3.05) is 13.1 Å². The highest BCUT2D eigenvalue weighted by molar-refractivity contribution is 7.20. The van der Waals surface area contributed by atoms with Gasteiger partial charge in [0.25, 0.3) is 5.91 Å². The van der Waals surface area contributed by atoms with Crippen LogP contribution in [-0.2, 0) is 0 Å². The maximum atomic E-state index is 11.8. The third kappa shape index (κ3) is 3.25. The lowest BCUT2D eigenvalue weighted by atomic mass is 10.2. The van der Waals surface area contributed by atoms with Gasteiger partial charge in [0.15, 0.2) is 0 Å². The summed E-state index contributed by atoms with van der Waals surface area (Å²) in [5, 5.41) is 6.09. The van der Waals surface area contributed by atoms with Gasteiger partial charge in [-0.1, -0.05) is 23.2 Å². The third-order valence-electron chi connectivity index (χ3n) is 2.30.